The molecule has 0 bridgehead atoms. The normalized spacial score (nSPS) is 14.8. The molecule has 1 fully saturated rings. The molecule has 0 aliphatic heterocycles. The zero-order chi connectivity index (χ0) is 35.0. The number of nitrogens with zero attached hydrogens (tertiary/aromatic N) is 3. The van der Waals surface area contributed by atoms with Crippen LogP contribution in [0, 0.1) is 23.6 Å². The average Bonchev–Trinajstić information content (AvgIpc) is 3.75. The second kappa shape index (κ2) is 16.5. The van der Waals surface area contributed by atoms with Crippen LogP contribution in [0.4, 0.5) is 24.8 Å². The number of carbonyl (C=O) groups is 2. The summed E-state index contributed by atoms with van der Waals surface area (Å²) in [5.41, 5.74) is 0.752. The van der Waals surface area contributed by atoms with Crippen molar-refractivity contribution in [1.82, 2.24) is 20.0 Å². The molecule has 262 valence electrons. The van der Waals surface area contributed by atoms with Gasteiger partial charge in [-0.1, -0.05) is 0 Å². The Morgan fingerprint density at radius 3 is 2.52 bits per heavy atom. The number of aromatic nitrogens is 2. The van der Waals surface area contributed by atoms with Crippen LogP contribution in [0.3, 0.4) is 0 Å². The van der Waals surface area contributed by atoms with Crippen molar-refractivity contribution in [3.8, 4) is 11.5 Å². The van der Waals surface area contributed by atoms with Crippen LogP contribution < -0.4 is 29.7 Å². The van der Waals surface area contributed by atoms with Gasteiger partial charge in [-0.05, 0) is 90.6 Å². The average molecular weight is 774 g/mol. The van der Waals surface area contributed by atoms with Gasteiger partial charge in [-0.25, -0.2) is 31.7 Å². The van der Waals surface area contributed by atoms with Crippen LogP contribution in [0.2, 0.25) is 0 Å². The highest BCUT2D eigenvalue weighted by atomic mass is 79.9. The summed E-state index contributed by atoms with van der Waals surface area (Å²) in [6.45, 7) is 2.02. The Labute approximate surface area is 290 Å². The van der Waals surface area contributed by atoms with Gasteiger partial charge in [-0.2, -0.15) is 4.37 Å². The summed E-state index contributed by atoms with van der Waals surface area (Å²) in [6.07, 6.45) is 2.16. The van der Waals surface area contributed by atoms with E-state index in [-0.39, 0.29) is 46.8 Å². The number of anilines is 2. The summed E-state index contributed by atoms with van der Waals surface area (Å²) < 4.78 is 59.7. The molecule has 3 atom stereocenters. The van der Waals surface area contributed by atoms with E-state index in [4.69, 9.17) is 14.6 Å². The highest BCUT2D eigenvalue weighted by Gasteiger charge is 2.35. The van der Waals surface area contributed by atoms with Gasteiger partial charge in [0.2, 0.25) is 5.13 Å². The largest absolute Gasteiger partial charge is 0.497 e. The van der Waals surface area contributed by atoms with Gasteiger partial charge in [-0.3, -0.25) is 0 Å². The number of rotatable bonds is 18. The Kier molecular flexibility index (Phi) is 12.7. The lowest BCUT2D eigenvalue weighted by Crippen LogP contribution is -2.41. The Morgan fingerprint density at radius 1 is 1.17 bits per heavy atom. The first kappa shape index (κ1) is 36.9. The Morgan fingerprint density at radius 2 is 1.92 bits per heavy atom. The number of ether oxygens (including phenoxy) is 2. The molecule has 4 rings (SSSR count). The van der Waals surface area contributed by atoms with Crippen LogP contribution in [-0.4, -0.2) is 73.5 Å². The Bertz CT molecular complexity index is 1680. The fourth-order valence-corrected chi connectivity index (χ4v) is 8.37. The first-order valence-electron chi connectivity index (χ1n) is 15.0. The van der Waals surface area contributed by atoms with Crippen molar-refractivity contribution >= 4 is 60.5 Å². The highest BCUT2D eigenvalue weighted by molar-refractivity contribution is 9.10. The van der Waals surface area contributed by atoms with Gasteiger partial charge in [0.05, 0.1) is 26.5 Å². The summed E-state index contributed by atoms with van der Waals surface area (Å²) >= 11 is 4.23. The van der Waals surface area contributed by atoms with Crippen LogP contribution in [0.25, 0.3) is 0 Å². The summed E-state index contributed by atoms with van der Waals surface area (Å²) in [6, 6.07) is 6.67. The maximum absolute atomic E-state index is 15.8. The molecule has 1 aliphatic rings. The minimum absolute atomic E-state index is 0.0251. The zero-order valence-corrected chi connectivity index (χ0v) is 29.7. The molecule has 1 saturated carbocycles. The summed E-state index contributed by atoms with van der Waals surface area (Å²) in [5, 5.41) is 26.4. The number of amides is 2. The van der Waals surface area contributed by atoms with Crippen molar-refractivity contribution in [2.45, 2.75) is 50.1 Å². The molecular formula is C30H38BrFN6O8S2. The monoisotopic (exact) mass is 772 g/mol. The van der Waals surface area contributed by atoms with Gasteiger partial charge in [-0.15, -0.1) is 0 Å². The molecule has 1 aliphatic carbocycles. The van der Waals surface area contributed by atoms with Gasteiger partial charge >= 0.3 is 12.2 Å². The van der Waals surface area contributed by atoms with Crippen molar-refractivity contribution in [1.29, 1.82) is 0 Å². The van der Waals surface area contributed by atoms with Gasteiger partial charge in [0.15, 0.2) is 0 Å². The Balaban J connectivity index is 1.58. The van der Waals surface area contributed by atoms with Crippen LogP contribution in [0.5, 0.6) is 11.5 Å². The Hall–Kier alpha value is -3.90. The minimum Gasteiger partial charge on any atom is -0.497 e. The molecule has 14 nitrogen and oxygen atoms in total. The smallest absolute Gasteiger partial charge is 0.404 e. The molecule has 0 saturated heterocycles. The summed E-state index contributed by atoms with van der Waals surface area (Å²) in [5.74, 6) is 0.187. The molecule has 1 unspecified atom stereocenters. The number of nitrogens with one attached hydrogen (secondary N) is 3. The predicted molar refractivity (Wildman–Crippen MR) is 181 cm³/mol. The number of halogens is 2. The number of benzene rings is 2. The third kappa shape index (κ3) is 9.59. The number of methoxy groups -OCH3 is 2. The lowest BCUT2D eigenvalue weighted by atomic mass is 9.84. The lowest BCUT2D eigenvalue weighted by molar-refractivity contribution is 0.181. The van der Waals surface area contributed by atoms with E-state index in [1.165, 1.54) is 26.6 Å². The molecule has 0 radical (unpaired) electrons. The number of carboxylic acid groups (broad SMARTS) is 2. The first-order valence-corrected chi connectivity index (χ1v) is 18.0. The van der Waals surface area contributed by atoms with Crippen molar-refractivity contribution in [2.75, 3.05) is 36.9 Å². The highest BCUT2D eigenvalue weighted by Crippen LogP contribution is 2.42. The summed E-state index contributed by atoms with van der Waals surface area (Å²) in [7, 11) is -1.59. The second-order valence-corrected chi connectivity index (χ2v) is 14.9. The molecule has 1 heterocycles. The van der Waals surface area contributed by atoms with Crippen LogP contribution in [0.15, 0.2) is 46.0 Å². The lowest BCUT2D eigenvalue weighted by Gasteiger charge is -2.29. The van der Waals surface area contributed by atoms with Crippen molar-refractivity contribution in [2.24, 2.45) is 17.8 Å². The fraction of sp³-hybridized carbons (Fsp3) is 0.467. The molecular weight excluding hydrogens is 735 g/mol. The van der Waals surface area contributed by atoms with Crippen molar-refractivity contribution in [3.05, 3.63) is 52.5 Å². The second-order valence-electron chi connectivity index (χ2n) is 11.4. The van der Waals surface area contributed by atoms with Crippen LogP contribution in [-0.2, 0) is 16.6 Å². The van der Waals surface area contributed by atoms with Crippen molar-refractivity contribution < 1.29 is 42.1 Å². The topological polar surface area (TPSA) is 192 Å². The van der Waals surface area contributed by atoms with E-state index < -0.39 is 39.0 Å². The van der Waals surface area contributed by atoms with Crippen molar-refractivity contribution in [3.63, 3.8) is 0 Å². The zero-order valence-electron chi connectivity index (χ0n) is 26.5. The minimum atomic E-state index is -4.53. The van der Waals surface area contributed by atoms with E-state index in [0.717, 1.165) is 34.7 Å². The van der Waals surface area contributed by atoms with Crippen LogP contribution >= 0.6 is 27.5 Å². The molecule has 48 heavy (non-hydrogen) atoms. The van der Waals surface area contributed by atoms with E-state index >= 15 is 4.39 Å². The quantitative estimate of drug-likeness (QED) is 0.108. The van der Waals surface area contributed by atoms with Gasteiger partial charge < -0.3 is 35.6 Å². The standard InChI is InChI=1S/C30H38BrFN6O8S2/c1-17(37-30(41)42)21(10-19(18-4-5-18)8-9-33-29(39)40)14-34-25-13-24(32)27(12-23(25)31)48(43,44)38(28-35-16-36-47-28)15-20-6-7-22(45-2)11-26(20)46-3/h6-7,11-13,16-19,21,33-34,37H,4-5,8-10,14-15H2,1-3H3,(H,39,40)(H,41,42)/t17-,19?,21+/m1/s1. The number of hydrogen-bond donors (Lipinski definition) is 5. The first-order chi connectivity index (χ1) is 22.8. The predicted octanol–water partition coefficient (Wildman–Crippen LogP) is 5.61. The SMILES string of the molecule is COc1ccc(CN(c2ncns2)S(=O)(=O)c2cc(Br)c(NC[C@H](CC(CCNC(=O)O)C3CC3)[C@@H](C)NC(=O)O)cc2F)c(OC)c1. The molecule has 5 N–H and O–H groups in total. The van der Waals surface area contributed by atoms with Gasteiger partial charge in [0, 0.05) is 46.8 Å². The van der Waals surface area contributed by atoms with E-state index in [9.17, 15) is 23.1 Å². The molecule has 0 spiro atoms. The van der Waals surface area contributed by atoms with Crippen LogP contribution in [0.1, 0.15) is 38.2 Å². The van der Waals surface area contributed by atoms with Gasteiger partial charge in [0.25, 0.3) is 10.0 Å². The molecule has 2 aromatic carbocycles. The van der Waals surface area contributed by atoms with E-state index in [2.05, 4.69) is 41.2 Å². The maximum Gasteiger partial charge on any atom is 0.404 e. The summed E-state index contributed by atoms with van der Waals surface area (Å²) in [4.78, 5) is 25.9. The van der Waals surface area contributed by atoms with E-state index in [1.807, 2.05) is 0 Å². The molecule has 3 aromatic rings. The number of hydrogen-bond acceptors (Lipinski definition) is 10. The van der Waals surface area contributed by atoms with E-state index in [1.54, 1.807) is 25.1 Å². The third-order valence-corrected chi connectivity index (χ3v) is 11.5. The van der Waals surface area contributed by atoms with Gasteiger partial charge in [0.1, 0.15) is 28.5 Å². The number of sulfonamides is 1. The maximum atomic E-state index is 15.8. The molecule has 2 amide bonds. The third-order valence-electron chi connectivity index (χ3n) is 8.26. The van der Waals surface area contributed by atoms with E-state index in [0.29, 0.717) is 35.8 Å². The fourth-order valence-electron chi connectivity index (χ4n) is 5.54. The molecule has 1 aromatic heterocycles. The molecule has 18 heteroatoms.